The van der Waals surface area contributed by atoms with Crippen LogP contribution < -0.4 is 14.8 Å². The van der Waals surface area contributed by atoms with E-state index in [0.29, 0.717) is 5.92 Å². The molecule has 4 nitrogen and oxygen atoms in total. The van der Waals surface area contributed by atoms with Crippen molar-refractivity contribution in [1.82, 2.24) is 10.2 Å². The Bertz CT molecular complexity index is 1140. The summed E-state index contributed by atoms with van der Waals surface area (Å²) in [4.78, 5) is 2.57. The lowest BCUT2D eigenvalue weighted by Gasteiger charge is -2.50. The van der Waals surface area contributed by atoms with Gasteiger partial charge in [-0.1, -0.05) is 30.3 Å². The van der Waals surface area contributed by atoms with E-state index in [1.165, 1.54) is 11.1 Å². The lowest BCUT2D eigenvalue weighted by Crippen LogP contribution is -2.50. The minimum Gasteiger partial charge on any atom is -0.497 e. The molecule has 5 heteroatoms. The first-order chi connectivity index (χ1) is 17.1. The highest BCUT2D eigenvalue weighted by atomic mass is 19.1. The summed E-state index contributed by atoms with van der Waals surface area (Å²) in [5.41, 5.74) is 4.79. The average Bonchev–Trinajstić information content (AvgIpc) is 2.91. The molecule has 3 aromatic rings. The number of nitrogens with zero attached hydrogens (tertiary/aromatic N) is 1. The molecule has 1 spiro atoms. The zero-order valence-electron chi connectivity index (χ0n) is 20.7. The first-order valence-electron chi connectivity index (χ1n) is 12.6. The molecule has 2 aliphatic heterocycles. The van der Waals surface area contributed by atoms with Gasteiger partial charge in [0.05, 0.1) is 14.2 Å². The van der Waals surface area contributed by atoms with Crippen molar-refractivity contribution in [2.75, 3.05) is 40.4 Å². The molecule has 2 aliphatic rings. The number of rotatable bonds is 6. The van der Waals surface area contributed by atoms with Crippen molar-refractivity contribution in [2.24, 2.45) is 5.41 Å². The number of benzene rings is 3. The lowest BCUT2D eigenvalue weighted by molar-refractivity contribution is 0.0506. The quantitative estimate of drug-likeness (QED) is 0.485. The Kier molecular flexibility index (Phi) is 7.07. The third-order valence-corrected chi connectivity index (χ3v) is 8.08. The van der Waals surface area contributed by atoms with Gasteiger partial charge in [0.25, 0.3) is 0 Å². The van der Waals surface area contributed by atoms with E-state index in [1.807, 2.05) is 36.4 Å². The fourth-order valence-corrected chi connectivity index (χ4v) is 6.03. The molecule has 0 saturated carbocycles. The van der Waals surface area contributed by atoms with Gasteiger partial charge in [0.15, 0.2) is 0 Å². The first-order valence-corrected chi connectivity index (χ1v) is 12.6. The monoisotopic (exact) mass is 474 g/mol. The Hall–Kier alpha value is -2.89. The summed E-state index contributed by atoms with van der Waals surface area (Å²) >= 11 is 0. The fourth-order valence-electron chi connectivity index (χ4n) is 6.03. The maximum absolute atomic E-state index is 14.5. The number of nitrogens with one attached hydrogen (secondary N) is 1. The minimum absolute atomic E-state index is 0.196. The maximum Gasteiger partial charge on any atom is 0.123 e. The highest BCUT2D eigenvalue weighted by Crippen LogP contribution is 2.50. The van der Waals surface area contributed by atoms with Crippen molar-refractivity contribution in [1.29, 1.82) is 0 Å². The second kappa shape index (κ2) is 10.4. The second-order valence-electron chi connectivity index (χ2n) is 9.96. The van der Waals surface area contributed by atoms with Crippen molar-refractivity contribution in [3.63, 3.8) is 0 Å². The van der Waals surface area contributed by atoms with Gasteiger partial charge in [-0.2, -0.15) is 0 Å². The molecule has 35 heavy (non-hydrogen) atoms. The predicted octanol–water partition coefficient (Wildman–Crippen LogP) is 5.87. The third-order valence-electron chi connectivity index (χ3n) is 8.08. The number of hydrogen-bond donors (Lipinski definition) is 1. The van der Waals surface area contributed by atoms with Crippen LogP contribution in [0.2, 0.25) is 0 Å². The third kappa shape index (κ3) is 5.07. The average molecular weight is 475 g/mol. The number of hydrogen-bond acceptors (Lipinski definition) is 4. The van der Waals surface area contributed by atoms with E-state index >= 15 is 0 Å². The van der Waals surface area contributed by atoms with Crippen LogP contribution in [0.15, 0.2) is 66.7 Å². The van der Waals surface area contributed by atoms with Crippen molar-refractivity contribution in [3.8, 4) is 22.6 Å². The molecule has 1 N–H and O–H groups in total. The van der Waals surface area contributed by atoms with Gasteiger partial charge in [0.1, 0.15) is 17.3 Å². The van der Waals surface area contributed by atoms with Crippen molar-refractivity contribution in [3.05, 3.63) is 83.7 Å². The van der Waals surface area contributed by atoms with E-state index in [0.717, 1.165) is 74.6 Å². The van der Waals surface area contributed by atoms with E-state index in [-0.39, 0.29) is 11.2 Å². The van der Waals surface area contributed by atoms with E-state index in [2.05, 4.69) is 28.4 Å². The summed E-state index contributed by atoms with van der Waals surface area (Å²) < 4.78 is 25.2. The lowest BCUT2D eigenvalue weighted by atomic mass is 9.62. The normalized spacial score (nSPS) is 20.0. The molecule has 1 unspecified atom stereocenters. The Morgan fingerprint density at radius 2 is 1.69 bits per heavy atom. The van der Waals surface area contributed by atoms with Gasteiger partial charge in [-0.3, -0.25) is 4.90 Å². The van der Waals surface area contributed by atoms with Crippen LogP contribution in [0.4, 0.5) is 4.39 Å². The van der Waals surface area contributed by atoms with Gasteiger partial charge in [-0.25, -0.2) is 4.39 Å². The Balaban J connectivity index is 1.39. The number of likely N-dealkylation sites (tertiary alicyclic amines) is 1. The van der Waals surface area contributed by atoms with Crippen molar-refractivity contribution in [2.45, 2.75) is 31.7 Å². The molecule has 0 aliphatic carbocycles. The van der Waals surface area contributed by atoms with Crippen LogP contribution in [-0.2, 0) is 6.54 Å². The molecule has 0 aromatic heterocycles. The topological polar surface area (TPSA) is 33.7 Å². The summed E-state index contributed by atoms with van der Waals surface area (Å²) in [6.45, 7) is 5.11. The standard InChI is InChI=1S/C30H35FN2O2/c1-34-25-9-6-22(7-10-25)21-33-16-13-30(14-17-33)12-15-32-20-29(30)27-11-8-24(31)19-28(27)23-4-3-5-26(18-23)35-2/h3-11,18-19,29,32H,12-17,20-21H2,1-2H3. The molecule has 0 bridgehead atoms. The first kappa shape index (κ1) is 23.8. The van der Waals surface area contributed by atoms with E-state index in [4.69, 9.17) is 9.47 Å². The summed E-state index contributed by atoms with van der Waals surface area (Å²) in [5, 5.41) is 3.64. The largest absolute Gasteiger partial charge is 0.497 e. The number of piperidine rings is 2. The summed E-state index contributed by atoms with van der Waals surface area (Å²) in [7, 11) is 3.38. The molecule has 1 atom stereocenters. The summed E-state index contributed by atoms with van der Waals surface area (Å²) in [5.74, 6) is 1.84. The van der Waals surface area contributed by atoms with Crippen LogP contribution in [0.1, 0.15) is 36.3 Å². The number of methoxy groups -OCH3 is 2. The molecule has 184 valence electrons. The molecule has 5 rings (SSSR count). The predicted molar refractivity (Wildman–Crippen MR) is 139 cm³/mol. The van der Waals surface area contributed by atoms with Gasteiger partial charge in [0, 0.05) is 19.0 Å². The van der Waals surface area contributed by atoms with Crippen molar-refractivity contribution >= 4 is 0 Å². The molecule has 0 radical (unpaired) electrons. The molecular weight excluding hydrogens is 439 g/mol. The Morgan fingerprint density at radius 3 is 2.43 bits per heavy atom. The van der Waals surface area contributed by atoms with Crippen LogP contribution in [0.25, 0.3) is 11.1 Å². The summed E-state index contributed by atoms with van der Waals surface area (Å²) in [6, 6.07) is 21.7. The highest BCUT2D eigenvalue weighted by Gasteiger charge is 2.44. The Labute approximate surface area is 208 Å². The van der Waals surface area contributed by atoms with Gasteiger partial charge in [-0.15, -0.1) is 0 Å². The van der Waals surface area contributed by atoms with E-state index in [1.54, 1.807) is 26.4 Å². The van der Waals surface area contributed by atoms with E-state index in [9.17, 15) is 4.39 Å². The van der Waals surface area contributed by atoms with Gasteiger partial charge >= 0.3 is 0 Å². The van der Waals surface area contributed by atoms with Crippen LogP contribution in [-0.4, -0.2) is 45.3 Å². The molecule has 2 heterocycles. The second-order valence-corrected chi connectivity index (χ2v) is 9.96. The maximum atomic E-state index is 14.5. The van der Waals surface area contributed by atoms with Crippen LogP contribution in [0.5, 0.6) is 11.5 Å². The molecule has 2 fully saturated rings. The van der Waals surface area contributed by atoms with Crippen LogP contribution >= 0.6 is 0 Å². The smallest absolute Gasteiger partial charge is 0.123 e. The van der Waals surface area contributed by atoms with Gasteiger partial charge in [-0.05, 0) is 103 Å². The molecule has 2 saturated heterocycles. The SMILES string of the molecule is COc1ccc(CN2CCC3(CCNCC3c3ccc(F)cc3-c3cccc(OC)c3)CC2)cc1. The molecule has 0 amide bonds. The van der Waals surface area contributed by atoms with Gasteiger partial charge in [0.2, 0.25) is 0 Å². The Morgan fingerprint density at radius 1 is 0.914 bits per heavy atom. The van der Waals surface area contributed by atoms with Crippen molar-refractivity contribution < 1.29 is 13.9 Å². The summed E-state index contributed by atoms with van der Waals surface area (Å²) in [6.07, 6.45) is 3.47. The fraction of sp³-hybridized carbons (Fsp3) is 0.400. The van der Waals surface area contributed by atoms with Crippen LogP contribution in [0.3, 0.4) is 0 Å². The van der Waals surface area contributed by atoms with Crippen LogP contribution in [0, 0.1) is 11.2 Å². The van der Waals surface area contributed by atoms with Gasteiger partial charge < -0.3 is 14.8 Å². The zero-order valence-corrected chi connectivity index (χ0v) is 20.7. The number of ether oxygens (including phenoxy) is 2. The minimum atomic E-state index is -0.196. The molecular formula is C30H35FN2O2. The zero-order chi connectivity index (χ0) is 24.3. The van der Waals surface area contributed by atoms with E-state index < -0.39 is 0 Å². The molecule has 3 aromatic carbocycles. The number of halogens is 1. The highest BCUT2D eigenvalue weighted by molar-refractivity contribution is 5.70.